The van der Waals surface area contributed by atoms with E-state index in [9.17, 15) is 0 Å². The number of para-hydroxylation sites is 1. The van der Waals surface area contributed by atoms with Crippen LogP contribution in [-0.4, -0.2) is 26.9 Å². The number of hydrogen-bond acceptors (Lipinski definition) is 7. The largest absolute Gasteiger partial charge is 0.496 e. The second kappa shape index (κ2) is 10.7. The van der Waals surface area contributed by atoms with Crippen LogP contribution in [0.25, 0.3) is 10.6 Å². The number of hydrogen-bond donors (Lipinski definition) is 0. The predicted octanol–water partition coefficient (Wildman–Crippen LogP) is 6.12. The quantitative estimate of drug-likeness (QED) is 0.199. The minimum absolute atomic E-state index is 0.303. The van der Waals surface area contributed by atoms with Gasteiger partial charge < -0.3 is 9.47 Å². The van der Waals surface area contributed by atoms with Crippen molar-refractivity contribution in [2.45, 2.75) is 24.1 Å². The Labute approximate surface area is 199 Å². The Morgan fingerprint density at radius 3 is 2.75 bits per heavy atom. The van der Waals surface area contributed by atoms with Gasteiger partial charge in [0.15, 0.2) is 11.0 Å². The van der Waals surface area contributed by atoms with E-state index in [1.54, 1.807) is 42.3 Å². The number of allylic oxidation sites excluding steroid dienone is 1. The van der Waals surface area contributed by atoms with Crippen molar-refractivity contribution in [3.63, 3.8) is 0 Å². The molecule has 32 heavy (non-hydrogen) atoms. The zero-order chi connectivity index (χ0) is 22.3. The van der Waals surface area contributed by atoms with Crippen LogP contribution in [0.15, 0.2) is 71.7 Å². The molecule has 2 aromatic heterocycles. The van der Waals surface area contributed by atoms with Gasteiger partial charge in [0.05, 0.1) is 18.4 Å². The topological polar surface area (TPSA) is 62.1 Å². The van der Waals surface area contributed by atoms with Crippen molar-refractivity contribution in [1.29, 1.82) is 0 Å². The molecule has 0 unspecified atom stereocenters. The Kier molecular flexibility index (Phi) is 7.47. The lowest BCUT2D eigenvalue weighted by molar-refractivity contribution is 0.289. The average molecular weight is 485 g/mol. The molecule has 0 aliphatic heterocycles. The molecule has 0 aliphatic carbocycles. The number of thioether (sulfide) groups is 1. The molecule has 4 rings (SSSR count). The maximum absolute atomic E-state index is 5.93. The van der Waals surface area contributed by atoms with Gasteiger partial charge in [-0.1, -0.05) is 41.6 Å². The summed E-state index contributed by atoms with van der Waals surface area (Å²) in [6.07, 6.45) is 1.82. The number of thiazole rings is 1. The molecule has 2 heterocycles. The van der Waals surface area contributed by atoms with Crippen LogP contribution < -0.4 is 9.47 Å². The fourth-order valence-corrected chi connectivity index (χ4v) is 4.92. The second-order valence-electron chi connectivity index (χ2n) is 6.67. The van der Waals surface area contributed by atoms with E-state index >= 15 is 0 Å². The highest BCUT2D eigenvalue weighted by atomic mass is 35.5. The summed E-state index contributed by atoms with van der Waals surface area (Å²) in [6.45, 7) is 4.75. The number of ether oxygens (including phenoxy) is 2. The number of benzene rings is 2. The summed E-state index contributed by atoms with van der Waals surface area (Å²) in [7, 11) is 1.67. The van der Waals surface area contributed by atoms with Gasteiger partial charge >= 0.3 is 0 Å². The van der Waals surface area contributed by atoms with Gasteiger partial charge in [0.1, 0.15) is 23.1 Å². The zero-order valence-corrected chi connectivity index (χ0v) is 19.8. The smallest absolute Gasteiger partial charge is 0.191 e. The van der Waals surface area contributed by atoms with E-state index in [0.29, 0.717) is 23.9 Å². The maximum Gasteiger partial charge on any atom is 0.191 e. The van der Waals surface area contributed by atoms with E-state index in [2.05, 4.69) is 22.2 Å². The highest BCUT2D eigenvalue weighted by Crippen LogP contribution is 2.33. The van der Waals surface area contributed by atoms with Crippen molar-refractivity contribution in [3.8, 4) is 22.1 Å². The first-order valence-electron chi connectivity index (χ1n) is 9.80. The monoisotopic (exact) mass is 484 g/mol. The molecule has 0 saturated heterocycles. The van der Waals surface area contributed by atoms with Crippen LogP contribution in [0.3, 0.4) is 0 Å². The van der Waals surface area contributed by atoms with Gasteiger partial charge in [-0.25, -0.2) is 4.98 Å². The lowest BCUT2D eigenvalue weighted by atomic mass is 10.2. The highest BCUT2D eigenvalue weighted by Gasteiger charge is 2.15. The van der Waals surface area contributed by atoms with Gasteiger partial charge in [0.25, 0.3) is 0 Å². The minimum atomic E-state index is 0.303. The molecule has 0 atom stereocenters. The highest BCUT2D eigenvalue weighted by molar-refractivity contribution is 7.98. The summed E-state index contributed by atoms with van der Waals surface area (Å²) in [6, 6.07) is 15.1. The summed E-state index contributed by atoms with van der Waals surface area (Å²) < 4.78 is 13.3. The Morgan fingerprint density at radius 1 is 1.16 bits per heavy atom. The van der Waals surface area contributed by atoms with Crippen molar-refractivity contribution in [2.24, 2.45) is 0 Å². The molecule has 164 valence electrons. The molecule has 0 spiro atoms. The molecule has 0 fully saturated rings. The molecule has 0 amide bonds. The van der Waals surface area contributed by atoms with Crippen LogP contribution >= 0.6 is 34.7 Å². The number of aromatic nitrogens is 4. The Hall–Kier alpha value is -2.81. The van der Waals surface area contributed by atoms with E-state index in [0.717, 1.165) is 38.7 Å². The molecule has 0 N–H and O–H groups in total. The number of nitrogens with zero attached hydrogens (tertiary/aromatic N) is 4. The van der Waals surface area contributed by atoms with Crippen LogP contribution in [0, 0.1) is 0 Å². The Morgan fingerprint density at radius 2 is 1.97 bits per heavy atom. The van der Waals surface area contributed by atoms with Crippen LogP contribution in [0.2, 0.25) is 5.02 Å². The standard InChI is InChI=1S/C23H21ClN4O2S2/c1-3-12-28-21(13-30-18-10-8-16(24)9-11-18)26-27-23(28)32-15-17-14-31-22(25-17)19-6-4-5-7-20(19)29-2/h3-11,14H,1,12-13,15H2,2H3. The molecule has 0 aliphatic rings. The van der Waals surface area contributed by atoms with Crippen molar-refractivity contribution < 1.29 is 9.47 Å². The fourth-order valence-electron chi connectivity index (χ4n) is 2.98. The van der Waals surface area contributed by atoms with Gasteiger partial charge in [0.2, 0.25) is 0 Å². The molecule has 6 nitrogen and oxygen atoms in total. The maximum atomic E-state index is 5.93. The predicted molar refractivity (Wildman–Crippen MR) is 130 cm³/mol. The molecule has 0 radical (unpaired) electrons. The fraction of sp³-hybridized carbons (Fsp3) is 0.174. The van der Waals surface area contributed by atoms with Gasteiger partial charge in [-0.05, 0) is 36.4 Å². The Balaban J connectivity index is 1.44. The van der Waals surface area contributed by atoms with E-state index in [1.165, 1.54) is 0 Å². The second-order valence-corrected chi connectivity index (χ2v) is 8.91. The number of halogens is 1. The Bertz CT molecular complexity index is 1190. The molecule has 2 aromatic carbocycles. The molecule has 0 bridgehead atoms. The lowest BCUT2D eigenvalue weighted by Gasteiger charge is -2.09. The van der Waals surface area contributed by atoms with E-state index in [4.69, 9.17) is 26.1 Å². The molecule has 0 saturated carbocycles. The summed E-state index contributed by atoms with van der Waals surface area (Å²) in [5.74, 6) is 2.95. The summed E-state index contributed by atoms with van der Waals surface area (Å²) >= 11 is 9.11. The van der Waals surface area contributed by atoms with Crippen molar-refractivity contribution in [2.75, 3.05) is 7.11 Å². The first kappa shape index (κ1) is 22.4. The number of rotatable bonds is 10. The van der Waals surface area contributed by atoms with Gasteiger partial charge in [-0.3, -0.25) is 4.57 Å². The first-order chi connectivity index (χ1) is 15.7. The van der Waals surface area contributed by atoms with E-state index < -0.39 is 0 Å². The first-order valence-corrected chi connectivity index (χ1v) is 12.0. The van der Waals surface area contributed by atoms with Crippen LogP contribution in [0.1, 0.15) is 11.5 Å². The van der Waals surface area contributed by atoms with E-state index in [1.807, 2.05) is 47.0 Å². The van der Waals surface area contributed by atoms with Crippen LogP contribution in [0.4, 0.5) is 0 Å². The summed E-state index contributed by atoms with van der Waals surface area (Å²) in [4.78, 5) is 4.77. The van der Waals surface area contributed by atoms with Crippen LogP contribution in [-0.2, 0) is 18.9 Å². The molecule has 4 aromatic rings. The zero-order valence-electron chi connectivity index (χ0n) is 17.4. The average Bonchev–Trinajstić information content (AvgIpc) is 3.45. The minimum Gasteiger partial charge on any atom is -0.496 e. The lowest BCUT2D eigenvalue weighted by Crippen LogP contribution is -2.07. The summed E-state index contributed by atoms with van der Waals surface area (Å²) in [5, 5.41) is 13.1. The summed E-state index contributed by atoms with van der Waals surface area (Å²) in [5.41, 5.74) is 1.97. The molecule has 9 heteroatoms. The molecular weight excluding hydrogens is 464 g/mol. The third-order valence-electron chi connectivity index (χ3n) is 4.52. The third-order valence-corrected chi connectivity index (χ3v) is 6.70. The molecular formula is C23H21ClN4O2S2. The normalized spacial score (nSPS) is 10.8. The van der Waals surface area contributed by atoms with Gasteiger partial charge in [0, 0.05) is 22.7 Å². The third kappa shape index (κ3) is 5.32. The van der Waals surface area contributed by atoms with Crippen molar-refractivity contribution >= 4 is 34.7 Å². The SMILES string of the molecule is C=CCn1c(COc2ccc(Cl)cc2)nnc1SCc1csc(-c2ccccc2OC)n1. The van der Waals surface area contributed by atoms with Gasteiger partial charge in [-0.2, -0.15) is 0 Å². The van der Waals surface area contributed by atoms with Crippen molar-refractivity contribution in [1.82, 2.24) is 19.7 Å². The van der Waals surface area contributed by atoms with Gasteiger partial charge in [-0.15, -0.1) is 28.1 Å². The van der Waals surface area contributed by atoms with Crippen molar-refractivity contribution in [3.05, 3.63) is 83.1 Å². The van der Waals surface area contributed by atoms with Crippen LogP contribution in [0.5, 0.6) is 11.5 Å². The number of methoxy groups -OCH3 is 1. The van der Waals surface area contributed by atoms with E-state index in [-0.39, 0.29) is 0 Å².